The van der Waals surface area contributed by atoms with Crippen molar-refractivity contribution in [3.8, 4) is 0 Å². The zero-order chi connectivity index (χ0) is 32.6. The van der Waals surface area contributed by atoms with E-state index in [4.69, 9.17) is 35.2 Å². The van der Waals surface area contributed by atoms with Gasteiger partial charge in [0.1, 0.15) is 30.0 Å². The second-order valence-electron chi connectivity index (χ2n) is 12.8. The average Bonchev–Trinajstić information content (AvgIpc) is 2.82. The molecule has 2 aromatic carbocycles. The molecule has 0 bridgehead atoms. The summed E-state index contributed by atoms with van der Waals surface area (Å²) < 4.78 is 26.6. The van der Waals surface area contributed by atoms with Gasteiger partial charge in [-0.15, -0.1) is 0 Å². The fourth-order valence-electron chi connectivity index (χ4n) is 3.65. The molecule has 0 aliphatic carbocycles. The lowest BCUT2D eigenvalue weighted by Crippen LogP contribution is -2.35. The van der Waals surface area contributed by atoms with E-state index in [9.17, 15) is 14.4 Å². The van der Waals surface area contributed by atoms with Crippen molar-refractivity contribution in [3.05, 3.63) is 42.5 Å². The van der Waals surface area contributed by atoms with Gasteiger partial charge in [0.2, 0.25) is 0 Å². The number of hydrogen-bond acceptors (Lipinski definition) is 11. The van der Waals surface area contributed by atoms with Crippen LogP contribution >= 0.6 is 0 Å². The van der Waals surface area contributed by atoms with E-state index in [0.29, 0.717) is 28.4 Å². The van der Waals surface area contributed by atoms with E-state index in [-0.39, 0.29) is 26.3 Å². The van der Waals surface area contributed by atoms with Crippen LogP contribution in [0.15, 0.2) is 42.5 Å². The molecule has 2 aromatic rings. The molecule has 43 heavy (non-hydrogen) atoms. The Morgan fingerprint density at radius 2 is 1.09 bits per heavy atom. The summed E-state index contributed by atoms with van der Waals surface area (Å²) in [7, 11) is 0. The maximum absolute atomic E-state index is 13.3. The molecule has 12 heteroatoms. The minimum absolute atomic E-state index is 0.00903. The minimum Gasteiger partial charge on any atom is -0.443 e. The fourth-order valence-corrected chi connectivity index (χ4v) is 3.65. The van der Waals surface area contributed by atoms with E-state index >= 15 is 0 Å². The second-order valence-corrected chi connectivity index (χ2v) is 12.8. The predicted octanol–water partition coefficient (Wildman–Crippen LogP) is 6.63. The normalized spacial score (nSPS) is 11.7. The maximum Gasteiger partial charge on any atom is 0.508 e. The highest BCUT2D eigenvalue weighted by molar-refractivity contribution is 5.99. The van der Waals surface area contributed by atoms with Gasteiger partial charge in [-0.25, -0.2) is 19.3 Å². The van der Waals surface area contributed by atoms with Crippen molar-refractivity contribution in [2.75, 3.05) is 47.6 Å². The quantitative estimate of drug-likeness (QED) is 0.180. The third kappa shape index (κ3) is 12.6. The number of nitrogen functional groups attached to an aromatic ring is 2. The summed E-state index contributed by atoms with van der Waals surface area (Å²) in [5.41, 5.74) is 12.3. The molecule has 0 aromatic heterocycles. The molecular formula is C31H46N4O8. The van der Waals surface area contributed by atoms with Crippen molar-refractivity contribution in [2.24, 2.45) is 0 Å². The molecule has 0 saturated heterocycles. The van der Waals surface area contributed by atoms with Gasteiger partial charge in [0.15, 0.2) is 0 Å². The maximum atomic E-state index is 13.3. The number of ether oxygens (including phenoxy) is 5. The monoisotopic (exact) mass is 602 g/mol. The molecule has 0 aliphatic heterocycles. The van der Waals surface area contributed by atoms with Gasteiger partial charge < -0.3 is 40.1 Å². The van der Waals surface area contributed by atoms with Crippen LogP contribution in [0.25, 0.3) is 0 Å². The van der Waals surface area contributed by atoms with Crippen LogP contribution in [0.5, 0.6) is 0 Å². The van der Waals surface area contributed by atoms with Crippen molar-refractivity contribution >= 4 is 46.8 Å². The van der Waals surface area contributed by atoms with Crippen molar-refractivity contribution in [1.82, 2.24) is 0 Å². The van der Waals surface area contributed by atoms with Gasteiger partial charge in [0, 0.05) is 11.4 Å². The molecule has 12 nitrogen and oxygen atoms in total. The Hall–Kier alpha value is -4.35. The predicted molar refractivity (Wildman–Crippen MR) is 167 cm³/mol. The number of carbonyl (C=O) groups is 3. The first-order valence-corrected chi connectivity index (χ1v) is 14.0. The summed E-state index contributed by atoms with van der Waals surface area (Å²) >= 11 is 0. The van der Waals surface area contributed by atoms with Crippen LogP contribution in [0.1, 0.15) is 62.3 Å². The summed E-state index contributed by atoms with van der Waals surface area (Å²) in [6, 6.07) is 11.9. The zero-order valence-corrected chi connectivity index (χ0v) is 26.7. The smallest absolute Gasteiger partial charge is 0.443 e. The number of hydrogen-bond donors (Lipinski definition) is 2. The van der Waals surface area contributed by atoms with Gasteiger partial charge in [0.25, 0.3) is 0 Å². The van der Waals surface area contributed by atoms with E-state index in [1.54, 1.807) is 105 Å². The molecule has 238 valence electrons. The Morgan fingerprint density at radius 1 is 0.651 bits per heavy atom. The van der Waals surface area contributed by atoms with Crippen LogP contribution in [0.4, 0.5) is 42.8 Å². The molecule has 0 radical (unpaired) electrons. The molecule has 1 amide bonds. The Bertz CT molecular complexity index is 1210. The Morgan fingerprint density at radius 3 is 1.51 bits per heavy atom. The number of anilines is 5. The number of nitrogens with zero attached hydrogens (tertiary/aromatic N) is 2. The van der Waals surface area contributed by atoms with Crippen LogP contribution in [0.3, 0.4) is 0 Å². The molecule has 0 unspecified atom stereocenters. The SMILES string of the molecule is CC(C)(C)OC(=O)OCCN(CCOC(=O)OC(C)(C)C)c1ccc(N(C(=O)OC(C)(C)C)c2ccc(N)cc2N)cc1. The van der Waals surface area contributed by atoms with Crippen LogP contribution < -0.4 is 21.3 Å². The van der Waals surface area contributed by atoms with E-state index in [2.05, 4.69) is 0 Å². The highest BCUT2D eigenvalue weighted by Crippen LogP contribution is 2.34. The highest BCUT2D eigenvalue weighted by atomic mass is 16.7. The topological polar surface area (TPSA) is 156 Å². The number of rotatable bonds is 9. The van der Waals surface area contributed by atoms with E-state index in [1.165, 1.54) is 4.90 Å². The van der Waals surface area contributed by atoms with E-state index < -0.39 is 35.2 Å². The lowest BCUT2D eigenvalue weighted by molar-refractivity contribution is -0.00677. The van der Waals surface area contributed by atoms with Crippen LogP contribution in [-0.2, 0) is 23.7 Å². The lowest BCUT2D eigenvalue weighted by atomic mass is 10.2. The molecular weight excluding hydrogens is 556 g/mol. The third-order valence-electron chi connectivity index (χ3n) is 5.28. The first kappa shape index (κ1) is 34.8. The van der Waals surface area contributed by atoms with Gasteiger partial charge >= 0.3 is 18.4 Å². The molecule has 0 atom stereocenters. The lowest BCUT2D eigenvalue weighted by Gasteiger charge is -2.29. The standard InChI is InChI=1S/C31H46N4O8/c1-29(2,3)41-26(36)35(25-15-10-21(32)20-24(25)33)23-13-11-22(12-14-23)34(16-18-39-27(37)42-30(4,5)6)17-19-40-28(38)43-31(7,8)9/h10-15,20H,16-19,32-33H2,1-9H3. The number of amides is 1. The van der Waals surface area contributed by atoms with Crippen molar-refractivity contribution in [3.63, 3.8) is 0 Å². The zero-order valence-electron chi connectivity index (χ0n) is 26.7. The number of carbonyl (C=O) groups excluding carboxylic acids is 3. The van der Waals surface area contributed by atoms with E-state index in [0.717, 1.165) is 0 Å². The Balaban J connectivity index is 2.31. The summed E-state index contributed by atoms with van der Waals surface area (Å²) in [5, 5.41) is 0. The van der Waals surface area contributed by atoms with Crippen LogP contribution in [0.2, 0.25) is 0 Å². The number of nitrogens with two attached hydrogens (primary N) is 2. The molecule has 0 spiro atoms. The van der Waals surface area contributed by atoms with E-state index in [1.807, 2.05) is 4.90 Å². The molecule has 4 N–H and O–H groups in total. The molecule has 0 aliphatic rings. The van der Waals surface area contributed by atoms with Gasteiger partial charge in [-0.2, -0.15) is 0 Å². The average molecular weight is 603 g/mol. The fraction of sp³-hybridized carbons (Fsp3) is 0.516. The van der Waals surface area contributed by atoms with Crippen molar-refractivity contribution < 1.29 is 38.1 Å². The summed E-state index contributed by atoms with van der Waals surface area (Å²) in [6.45, 7) is 16.3. The highest BCUT2D eigenvalue weighted by Gasteiger charge is 2.27. The van der Waals surface area contributed by atoms with Gasteiger partial charge in [-0.1, -0.05) is 0 Å². The van der Waals surface area contributed by atoms with Gasteiger partial charge in [-0.05, 0) is 105 Å². The summed E-state index contributed by atoms with van der Waals surface area (Å²) in [4.78, 5) is 40.7. The Labute approximate surface area is 254 Å². The largest absolute Gasteiger partial charge is 0.508 e. The first-order chi connectivity index (χ1) is 19.7. The third-order valence-corrected chi connectivity index (χ3v) is 5.28. The molecule has 0 saturated carbocycles. The van der Waals surface area contributed by atoms with Crippen LogP contribution in [-0.4, -0.2) is 61.5 Å². The van der Waals surface area contributed by atoms with Gasteiger partial charge in [0.05, 0.1) is 30.2 Å². The summed E-state index contributed by atoms with van der Waals surface area (Å²) in [6.07, 6.45) is -2.20. The molecule has 2 rings (SSSR count). The minimum atomic E-state index is -0.790. The van der Waals surface area contributed by atoms with Crippen LogP contribution in [0, 0.1) is 0 Å². The van der Waals surface area contributed by atoms with Crippen molar-refractivity contribution in [1.29, 1.82) is 0 Å². The van der Waals surface area contributed by atoms with Gasteiger partial charge in [-0.3, -0.25) is 0 Å². The van der Waals surface area contributed by atoms with Crippen molar-refractivity contribution in [2.45, 2.75) is 79.1 Å². The second kappa shape index (κ2) is 14.2. The number of benzene rings is 2. The molecule has 0 heterocycles. The summed E-state index contributed by atoms with van der Waals surface area (Å²) in [5.74, 6) is 0. The molecule has 0 fully saturated rings. The Kier molecular flexibility index (Phi) is 11.5. The first-order valence-electron chi connectivity index (χ1n) is 14.0.